The first kappa shape index (κ1) is 12.8. The van der Waals surface area contributed by atoms with Crippen molar-refractivity contribution in [1.29, 1.82) is 0 Å². The van der Waals surface area contributed by atoms with Crippen LogP contribution in [0.3, 0.4) is 0 Å². The van der Waals surface area contributed by atoms with Crippen LogP contribution in [0.25, 0.3) is 0 Å². The fourth-order valence-corrected chi connectivity index (χ4v) is 2.70. The van der Waals surface area contributed by atoms with Gasteiger partial charge in [-0.2, -0.15) is 0 Å². The quantitative estimate of drug-likeness (QED) is 0.633. The standard InChI is InChI=1S/C14H11Br2F/c1-9-2-4-10(5-3-9)14(16)11-6-12(15)8-13(17)7-11/h2-8,14H,1H3. The summed E-state index contributed by atoms with van der Waals surface area (Å²) in [6.07, 6.45) is 0. The van der Waals surface area contributed by atoms with E-state index in [1.54, 1.807) is 6.07 Å². The predicted molar refractivity (Wildman–Crippen MR) is 76.0 cm³/mol. The summed E-state index contributed by atoms with van der Waals surface area (Å²) in [6.45, 7) is 2.05. The molecule has 0 N–H and O–H groups in total. The SMILES string of the molecule is Cc1ccc(C(Br)c2cc(F)cc(Br)c2)cc1. The molecule has 2 aromatic carbocycles. The van der Waals surface area contributed by atoms with Crippen LogP contribution in [-0.2, 0) is 0 Å². The van der Waals surface area contributed by atoms with Crippen molar-refractivity contribution in [3.8, 4) is 0 Å². The molecule has 0 aliphatic rings. The Morgan fingerprint density at radius 2 is 1.65 bits per heavy atom. The summed E-state index contributed by atoms with van der Waals surface area (Å²) < 4.78 is 14.1. The van der Waals surface area contributed by atoms with E-state index >= 15 is 0 Å². The number of hydrogen-bond acceptors (Lipinski definition) is 0. The van der Waals surface area contributed by atoms with Gasteiger partial charge in [0.05, 0.1) is 4.83 Å². The first-order valence-corrected chi connectivity index (χ1v) is 6.94. The molecule has 2 rings (SSSR count). The lowest BCUT2D eigenvalue weighted by atomic mass is 10.0. The summed E-state index contributed by atoms with van der Waals surface area (Å²) in [5.41, 5.74) is 3.24. The molecule has 0 aromatic heterocycles. The molecule has 2 aromatic rings. The summed E-state index contributed by atoms with van der Waals surface area (Å²) in [6, 6.07) is 13.1. The summed E-state index contributed by atoms with van der Waals surface area (Å²) in [5, 5.41) is 0. The van der Waals surface area contributed by atoms with E-state index in [1.807, 2.05) is 25.1 Å². The van der Waals surface area contributed by atoms with Gasteiger partial charge in [-0.1, -0.05) is 61.7 Å². The number of benzene rings is 2. The Hall–Kier alpha value is -0.670. The van der Waals surface area contributed by atoms with Gasteiger partial charge < -0.3 is 0 Å². The van der Waals surface area contributed by atoms with Crippen LogP contribution in [0.2, 0.25) is 0 Å². The maximum absolute atomic E-state index is 13.3. The second-order valence-electron chi connectivity index (χ2n) is 3.98. The van der Waals surface area contributed by atoms with Gasteiger partial charge in [0.15, 0.2) is 0 Å². The fraction of sp³-hybridized carbons (Fsp3) is 0.143. The molecule has 0 bridgehead atoms. The summed E-state index contributed by atoms with van der Waals surface area (Å²) in [4.78, 5) is 0.00935. The van der Waals surface area contributed by atoms with Crippen LogP contribution >= 0.6 is 31.9 Å². The van der Waals surface area contributed by atoms with Gasteiger partial charge >= 0.3 is 0 Å². The molecular formula is C14H11Br2F. The van der Waals surface area contributed by atoms with Crippen LogP contribution in [0.4, 0.5) is 4.39 Å². The molecule has 1 unspecified atom stereocenters. The van der Waals surface area contributed by atoms with Crippen LogP contribution in [0.15, 0.2) is 46.9 Å². The second kappa shape index (κ2) is 5.32. The highest BCUT2D eigenvalue weighted by Gasteiger charge is 2.11. The van der Waals surface area contributed by atoms with E-state index in [2.05, 4.69) is 44.0 Å². The van der Waals surface area contributed by atoms with E-state index < -0.39 is 0 Å². The average molecular weight is 358 g/mol. The van der Waals surface area contributed by atoms with Crippen LogP contribution in [0, 0.1) is 12.7 Å². The average Bonchev–Trinajstić information content (AvgIpc) is 2.28. The third-order valence-electron chi connectivity index (χ3n) is 2.55. The van der Waals surface area contributed by atoms with E-state index in [9.17, 15) is 4.39 Å². The zero-order valence-corrected chi connectivity index (χ0v) is 12.4. The fourth-order valence-electron chi connectivity index (χ4n) is 1.65. The Kier molecular flexibility index (Phi) is 4.00. The van der Waals surface area contributed by atoms with Gasteiger partial charge in [-0.25, -0.2) is 4.39 Å². The van der Waals surface area contributed by atoms with Gasteiger partial charge in [-0.3, -0.25) is 0 Å². The molecular weight excluding hydrogens is 347 g/mol. The second-order valence-corrected chi connectivity index (χ2v) is 5.81. The van der Waals surface area contributed by atoms with Crippen LogP contribution < -0.4 is 0 Å². The minimum atomic E-state index is -0.231. The molecule has 3 heteroatoms. The Bertz CT molecular complexity index is 500. The third-order valence-corrected chi connectivity index (χ3v) is 4.06. The molecule has 0 heterocycles. The summed E-state index contributed by atoms with van der Waals surface area (Å²) >= 11 is 6.90. The van der Waals surface area contributed by atoms with Gasteiger partial charge in [-0.15, -0.1) is 0 Å². The summed E-state index contributed by atoms with van der Waals surface area (Å²) in [7, 11) is 0. The van der Waals surface area contributed by atoms with Crippen LogP contribution in [0.5, 0.6) is 0 Å². The molecule has 0 nitrogen and oxygen atoms in total. The van der Waals surface area contributed by atoms with Crippen molar-refractivity contribution in [2.75, 3.05) is 0 Å². The normalized spacial score (nSPS) is 12.5. The van der Waals surface area contributed by atoms with Crippen molar-refractivity contribution in [2.24, 2.45) is 0 Å². The Morgan fingerprint density at radius 1 is 1.00 bits per heavy atom. The maximum atomic E-state index is 13.3. The van der Waals surface area contributed by atoms with Gasteiger partial charge in [0.1, 0.15) is 5.82 Å². The largest absolute Gasteiger partial charge is 0.207 e. The number of alkyl halides is 1. The number of rotatable bonds is 2. The lowest BCUT2D eigenvalue weighted by Gasteiger charge is -2.11. The van der Waals surface area contributed by atoms with Gasteiger partial charge in [0, 0.05) is 4.47 Å². The van der Waals surface area contributed by atoms with Gasteiger partial charge in [0.2, 0.25) is 0 Å². The first-order chi connectivity index (χ1) is 8.06. The summed E-state index contributed by atoms with van der Waals surface area (Å²) in [5.74, 6) is -0.231. The maximum Gasteiger partial charge on any atom is 0.124 e. The highest BCUT2D eigenvalue weighted by Crippen LogP contribution is 2.32. The molecule has 1 atom stereocenters. The minimum Gasteiger partial charge on any atom is -0.207 e. The van der Waals surface area contributed by atoms with E-state index in [-0.39, 0.29) is 10.6 Å². The molecule has 0 radical (unpaired) electrons. The third kappa shape index (κ3) is 3.17. The minimum absolute atomic E-state index is 0.00935. The van der Waals surface area contributed by atoms with Crippen molar-refractivity contribution in [2.45, 2.75) is 11.8 Å². The lowest BCUT2D eigenvalue weighted by Crippen LogP contribution is -1.94. The van der Waals surface area contributed by atoms with Crippen LogP contribution in [-0.4, -0.2) is 0 Å². The van der Waals surface area contributed by atoms with E-state index in [1.165, 1.54) is 11.6 Å². The van der Waals surface area contributed by atoms with E-state index in [4.69, 9.17) is 0 Å². The van der Waals surface area contributed by atoms with Gasteiger partial charge in [0.25, 0.3) is 0 Å². The molecule has 0 fully saturated rings. The van der Waals surface area contributed by atoms with Crippen molar-refractivity contribution >= 4 is 31.9 Å². The Balaban J connectivity index is 2.36. The van der Waals surface area contributed by atoms with Crippen molar-refractivity contribution in [1.82, 2.24) is 0 Å². The number of hydrogen-bond donors (Lipinski definition) is 0. The highest BCUT2D eigenvalue weighted by molar-refractivity contribution is 9.10. The first-order valence-electron chi connectivity index (χ1n) is 5.23. The lowest BCUT2D eigenvalue weighted by molar-refractivity contribution is 0.625. The predicted octanol–water partition coefficient (Wildman–Crippen LogP) is 5.38. The molecule has 0 saturated heterocycles. The molecule has 17 heavy (non-hydrogen) atoms. The topological polar surface area (TPSA) is 0 Å². The zero-order chi connectivity index (χ0) is 12.4. The molecule has 0 aliphatic heterocycles. The van der Waals surface area contributed by atoms with Crippen molar-refractivity contribution < 1.29 is 4.39 Å². The van der Waals surface area contributed by atoms with Crippen molar-refractivity contribution in [3.05, 3.63) is 69.4 Å². The zero-order valence-electron chi connectivity index (χ0n) is 9.25. The molecule has 0 saturated carbocycles. The van der Waals surface area contributed by atoms with Gasteiger partial charge in [-0.05, 0) is 36.2 Å². The molecule has 0 amide bonds. The molecule has 88 valence electrons. The highest BCUT2D eigenvalue weighted by atomic mass is 79.9. The monoisotopic (exact) mass is 356 g/mol. The van der Waals surface area contributed by atoms with Crippen LogP contribution in [0.1, 0.15) is 21.5 Å². The Morgan fingerprint density at radius 3 is 2.24 bits per heavy atom. The smallest absolute Gasteiger partial charge is 0.124 e. The molecule has 0 spiro atoms. The van der Waals surface area contributed by atoms with Crippen molar-refractivity contribution in [3.63, 3.8) is 0 Å². The number of halogens is 3. The van der Waals surface area contributed by atoms with E-state index in [0.29, 0.717) is 0 Å². The molecule has 0 aliphatic carbocycles. The number of aryl methyl sites for hydroxylation is 1. The van der Waals surface area contributed by atoms with E-state index in [0.717, 1.165) is 15.6 Å². The Labute approximate surface area is 117 Å².